The van der Waals surface area contributed by atoms with E-state index in [1.165, 1.54) is 0 Å². The molecule has 1 rings (SSSR count). The summed E-state index contributed by atoms with van der Waals surface area (Å²) >= 11 is 0. The van der Waals surface area contributed by atoms with Crippen LogP contribution >= 0.6 is 0 Å². The van der Waals surface area contributed by atoms with Crippen molar-refractivity contribution in [3.63, 3.8) is 0 Å². The van der Waals surface area contributed by atoms with E-state index >= 15 is 0 Å². The summed E-state index contributed by atoms with van der Waals surface area (Å²) in [6.45, 7) is 8.59. The molecule has 3 nitrogen and oxygen atoms in total. The standard InChI is InChI=1S/C14H20O3S/c1-10-6-7-12(11(2)8-10)13(15)9-18(16,17)14(3,4)5/h6-8H,9H2,1-5H3. The van der Waals surface area contributed by atoms with Gasteiger partial charge in [0.05, 0.1) is 4.75 Å². The molecule has 0 heterocycles. The molecule has 0 radical (unpaired) electrons. The smallest absolute Gasteiger partial charge is 0.178 e. The van der Waals surface area contributed by atoms with Gasteiger partial charge in [0, 0.05) is 5.56 Å². The van der Waals surface area contributed by atoms with Gasteiger partial charge in [-0.05, 0) is 40.2 Å². The van der Waals surface area contributed by atoms with Crippen molar-refractivity contribution in [2.45, 2.75) is 39.4 Å². The fourth-order valence-corrected chi connectivity index (χ4v) is 2.53. The van der Waals surface area contributed by atoms with Crippen molar-refractivity contribution >= 4 is 15.6 Å². The van der Waals surface area contributed by atoms with E-state index in [0.29, 0.717) is 5.56 Å². The van der Waals surface area contributed by atoms with Crippen LogP contribution in [0.2, 0.25) is 0 Å². The number of ketones is 1. The molecule has 0 bridgehead atoms. The Kier molecular flexibility index (Phi) is 4.01. The van der Waals surface area contributed by atoms with Crippen molar-refractivity contribution in [3.05, 3.63) is 34.9 Å². The molecular weight excluding hydrogens is 248 g/mol. The maximum absolute atomic E-state index is 12.1. The molecule has 100 valence electrons. The van der Waals surface area contributed by atoms with Crippen LogP contribution in [-0.4, -0.2) is 24.7 Å². The SMILES string of the molecule is Cc1ccc(C(=O)CS(=O)(=O)C(C)(C)C)c(C)c1. The third-order valence-electron chi connectivity index (χ3n) is 2.94. The maximum Gasteiger partial charge on any atom is 0.178 e. The second-order valence-electron chi connectivity index (χ2n) is 5.61. The third-order valence-corrected chi connectivity index (χ3v) is 5.44. The normalized spacial score (nSPS) is 12.5. The molecule has 1 aromatic carbocycles. The molecule has 0 aromatic heterocycles. The monoisotopic (exact) mass is 268 g/mol. The van der Waals surface area contributed by atoms with Gasteiger partial charge in [0.2, 0.25) is 0 Å². The van der Waals surface area contributed by atoms with E-state index in [-0.39, 0.29) is 5.78 Å². The van der Waals surface area contributed by atoms with Gasteiger partial charge in [0.1, 0.15) is 5.75 Å². The lowest BCUT2D eigenvalue weighted by Gasteiger charge is -2.18. The van der Waals surface area contributed by atoms with Gasteiger partial charge in [-0.1, -0.05) is 23.8 Å². The van der Waals surface area contributed by atoms with E-state index in [9.17, 15) is 13.2 Å². The van der Waals surface area contributed by atoms with Crippen LogP contribution in [0.25, 0.3) is 0 Å². The maximum atomic E-state index is 12.1. The predicted molar refractivity (Wildman–Crippen MR) is 73.8 cm³/mol. The second kappa shape index (κ2) is 4.84. The highest BCUT2D eigenvalue weighted by Crippen LogP contribution is 2.19. The highest BCUT2D eigenvalue weighted by molar-refractivity contribution is 7.93. The first-order valence-corrected chi connectivity index (χ1v) is 7.52. The van der Waals surface area contributed by atoms with Crippen LogP contribution in [0.5, 0.6) is 0 Å². The molecule has 18 heavy (non-hydrogen) atoms. The molecule has 0 aliphatic rings. The molecule has 0 unspecified atom stereocenters. The third kappa shape index (κ3) is 3.19. The summed E-state index contributed by atoms with van der Waals surface area (Å²) in [7, 11) is -3.42. The van der Waals surface area contributed by atoms with Crippen LogP contribution in [0.3, 0.4) is 0 Å². The first-order valence-electron chi connectivity index (χ1n) is 5.87. The lowest BCUT2D eigenvalue weighted by atomic mass is 10.0. The van der Waals surface area contributed by atoms with E-state index < -0.39 is 20.3 Å². The largest absolute Gasteiger partial charge is 0.293 e. The van der Waals surface area contributed by atoms with Gasteiger partial charge < -0.3 is 0 Å². The molecule has 1 aromatic rings. The van der Waals surface area contributed by atoms with E-state index in [2.05, 4.69) is 0 Å². The molecular formula is C14H20O3S. The summed E-state index contributed by atoms with van der Waals surface area (Å²) in [5, 5.41) is 0. The average molecular weight is 268 g/mol. The van der Waals surface area contributed by atoms with Crippen LogP contribution in [0.4, 0.5) is 0 Å². The minimum Gasteiger partial charge on any atom is -0.293 e. The number of Topliss-reactive ketones (excluding diaryl/α,β-unsaturated/α-hetero) is 1. The summed E-state index contributed by atoms with van der Waals surface area (Å²) in [6, 6.07) is 5.41. The molecule has 0 atom stereocenters. The van der Waals surface area contributed by atoms with Gasteiger partial charge >= 0.3 is 0 Å². The van der Waals surface area contributed by atoms with Crippen LogP contribution in [-0.2, 0) is 9.84 Å². The number of hydrogen-bond donors (Lipinski definition) is 0. The Hall–Kier alpha value is -1.16. The first kappa shape index (κ1) is 14.9. The van der Waals surface area contributed by atoms with E-state index in [1.807, 2.05) is 26.0 Å². The van der Waals surface area contributed by atoms with E-state index in [1.54, 1.807) is 26.8 Å². The minimum absolute atomic E-state index is 0.331. The average Bonchev–Trinajstić information content (AvgIpc) is 2.14. The zero-order chi connectivity index (χ0) is 14.1. The first-order chi connectivity index (χ1) is 8.04. The highest BCUT2D eigenvalue weighted by Gasteiger charge is 2.31. The highest BCUT2D eigenvalue weighted by atomic mass is 32.2. The Morgan fingerprint density at radius 1 is 1.17 bits per heavy atom. The summed E-state index contributed by atoms with van der Waals surface area (Å²) in [5.41, 5.74) is 2.38. The fourth-order valence-electron chi connectivity index (χ4n) is 1.59. The Bertz CT molecular complexity index is 563. The number of hydrogen-bond acceptors (Lipinski definition) is 3. The molecule has 0 aliphatic carbocycles. The van der Waals surface area contributed by atoms with E-state index in [0.717, 1.165) is 11.1 Å². The fraction of sp³-hybridized carbons (Fsp3) is 0.500. The van der Waals surface area contributed by atoms with Gasteiger partial charge in [0.15, 0.2) is 15.6 Å². The number of carbonyl (C=O) groups excluding carboxylic acids is 1. The topological polar surface area (TPSA) is 51.2 Å². The summed E-state index contributed by atoms with van der Waals surface area (Å²) in [4.78, 5) is 12.1. The quantitative estimate of drug-likeness (QED) is 0.792. The molecule has 0 spiro atoms. The van der Waals surface area contributed by atoms with Crippen molar-refractivity contribution in [1.82, 2.24) is 0 Å². The second-order valence-corrected chi connectivity index (χ2v) is 8.36. The van der Waals surface area contributed by atoms with Gasteiger partial charge in [-0.2, -0.15) is 0 Å². The van der Waals surface area contributed by atoms with Crippen molar-refractivity contribution in [3.8, 4) is 0 Å². The van der Waals surface area contributed by atoms with Crippen molar-refractivity contribution in [1.29, 1.82) is 0 Å². The number of carbonyl (C=O) groups is 1. The van der Waals surface area contributed by atoms with Crippen LogP contribution in [0.15, 0.2) is 18.2 Å². The Balaban J connectivity index is 3.04. The Labute approximate surface area is 109 Å². The molecule has 0 N–H and O–H groups in total. The molecule has 0 aliphatic heterocycles. The minimum atomic E-state index is -3.42. The van der Waals surface area contributed by atoms with Crippen molar-refractivity contribution < 1.29 is 13.2 Å². The van der Waals surface area contributed by atoms with Gasteiger partial charge in [-0.25, -0.2) is 8.42 Å². The van der Waals surface area contributed by atoms with Crippen molar-refractivity contribution in [2.75, 3.05) is 5.75 Å². The summed E-state index contributed by atoms with van der Waals surface area (Å²) in [6.07, 6.45) is 0. The number of benzene rings is 1. The molecule has 4 heteroatoms. The Morgan fingerprint density at radius 3 is 2.17 bits per heavy atom. The zero-order valence-corrected chi connectivity index (χ0v) is 12.4. The Morgan fingerprint density at radius 2 is 1.72 bits per heavy atom. The lowest BCUT2D eigenvalue weighted by Crippen LogP contribution is -2.33. The van der Waals surface area contributed by atoms with Crippen LogP contribution < -0.4 is 0 Å². The van der Waals surface area contributed by atoms with Gasteiger partial charge in [0.25, 0.3) is 0 Å². The van der Waals surface area contributed by atoms with Gasteiger partial charge in [-0.15, -0.1) is 0 Å². The van der Waals surface area contributed by atoms with Crippen LogP contribution in [0, 0.1) is 13.8 Å². The number of aryl methyl sites for hydroxylation is 2. The van der Waals surface area contributed by atoms with Crippen molar-refractivity contribution in [2.24, 2.45) is 0 Å². The molecule has 0 fully saturated rings. The predicted octanol–water partition coefficient (Wildman–Crippen LogP) is 2.70. The van der Waals surface area contributed by atoms with E-state index in [4.69, 9.17) is 0 Å². The summed E-state index contributed by atoms with van der Waals surface area (Å²) in [5.74, 6) is -0.761. The lowest BCUT2D eigenvalue weighted by molar-refractivity contribution is 0.102. The number of rotatable bonds is 3. The summed E-state index contributed by atoms with van der Waals surface area (Å²) < 4.78 is 23.1. The number of sulfone groups is 1. The van der Waals surface area contributed by atoms with Gasteiger partial charge in [-0.3, -0.25) is 4.79 Å². The van der Waals surface area contributed by atoms with Crippen LogP contribution in [0.1, 0.15) is 42.3 Å². The molecule has 0 saturated carbocycles. The zero-order valence-electron chi connectivity index (χ0n) is 11.6. The molecule has 0 amide bonds. The molecule has 0 saturated heterocycles.